The number of para-hydroxylation sites is 1. The van der Waals surface area contributed by atoms with E-state index >= 15 is 0 Å². The number of rotatable bonds is 4. The maximum Gasteiger partial charge on any atom is 0.341 e. The lowest BCUT2D eigenvalue weighted by Crippen LogP contribution is -2.25. The zero-order valence-electron chi connectivity index (χ0n) is 12.0. The SMILES string of the molecule is Cc1nn(C)c(NCC2Cc3ccccc3O2)c1C(=O)O. The number of hydrogen-bond donors (Lipinski definition) is 2. The average Bonchev–Trinajstić information content (AvgIpc) is 2.96. The number of carboxylic acid groups (broad SMARTS) is 1. The quantitative estimate of drug-likeness (QED) is 0.897. The smallest absolute Gasteiger partial charge is 0.341 e. The Morgan fingerprint density at radius 1 is 1.52 bits per heavy atom. The Morgan fingerprint density at radius 3 is 3.00 bits per heavy atom. The normalized spacial score (nSPS) is 16.4. The molecular formula is C15H17N3O3. The summed E-state index contributed by atoms with van der Waals surface area (Å²) in [5.41, 5.74) is 1.90. The van der Waals surface area contributed by atoms with Gasteiger partial charge in [-0.15, -0.1) is 0 Å². The largest absolute Gasteiger partial charge is 0.488 e. The highest BCUT2D eigenvalue weighted by molar-refractivity contribution is 5.94. The van der Waals surface area contributed by atoms with Crippen LogP contribution in [0, 0.1) is 6.92 Å². The number of benzene rings is 1. The second-order valence-electron chi connectivity index (χ2n) is 5.17. The highest BCUT2D eigenvalue weighted by Gasteiger charge is 2.24. The van der Waals surface area contributed by atoms with Crippen molar-refractivity contribution in [3.8, 4) is 5.75 Å². The number of aryl methyl sites for hydroxylation is 2. The molecule has 6 nitrogen and oxygen atoms in total. The summed E-state index contributed by atoms with van der Waals surface area (Å²) in [5.74, 6) is 0.447. The molecule has 1 aromatic carbocycles. The first-order chi connectivity index (χ1) is 10.1. The van der Waals surface area contributed by atoms with Crippen molar-refractivity contribution in [2.24, 2.45) is 7.05 Å². The summed E-state index contributed by atoms with van der Waals surface area (Å²) in [7, 11) is 1.73. The maximum absolute atomic E-state index is 11.3. The first-order valence-electron chi connectivity index (χ1n) is 6.81. The van der Waals surface area contributed by atoms with Crippen LogP contribution in [0.15, 0.2) is 24.3 Å². The van der Waals surface area contributed by atoms with E-state index in [2.05, 4.69) is 10.4 Å². The van der Waals surface area contributed by atoms with Crippen LogP contribution < -0.4 is 10.1 Å². The van der Waals surface area contributed by atoms with Crippen LogP contribution >= 0.6 is 0 Å². The van der Waals surface area contributed by atoms with E-state index in [0.29, 0.717) is 18.1 Å². The summed E-state index contributed by atoms with van der Waals surface area (Å²) in [5, 5.41) is 16.6. The molecule has 0 saturated carbocycles. The van der Waals surface area contributed by atoms with Crippen molar-refractivity contribution in [1.82, 2.24) is 9.78 Å². The van der Waals surface area contributed by atoms with E-state index in [1.165, 1.54) is 5.56 Å². The van der Waals surface area contributed by atoms with Crippen molar-refractivity contribution >= 4 is 11.8 Å². The molecule has 0 spiro atoms. The van der Waals surface area contributed by atoms with Crippen molar-refractivity contribution in [3.63, 3.8) is 0 Å². The van der Waals surface area contributed by atoms with Gasteiger partial charge in [0.25, 0.3) is 0 Å². The molecular weight excluding hydrogens is 270 g/mol. The molecule has 21 heavy (non-hydrogen) atoms. The fraction of sp³-hybridized carbons (Fsp3) is 0.333. The Balaban J connectivity index is 1.71. The predicted octanol–water partition coefficient (Wildman–Crippen LogP) is 1.84. The molecule has 0 bridgehead atoms. The van der Waals surface area contributed by atoms with Gasteiger partial charge in [0.1, 0.15) is 23.2 Å². The second kappa shape index (κ2) is 5.12. The van der Waals surface area contributed by atoms with Crippen LogP contribution in [0.5, 0.6) is 5.75 Å². The minimum atomic E-state index is -0.973. The van der Waals surface area contributed by atoms with E-state index in [1.54, 1.807) is 18.7 Å². The molecule has 0 saturated heterocycles. The summed E-state index contributed by atoms with van der Waals surface area (Å²) in [6, 6.07) is 7.94. The maximum atomic E-state index is 11.3. The average molecular weight is 287 g/mol. The fourth-order valence-corrected chi connectivity index (χ4v) is 2.70. The van der Waals surface area contributed by atoms with Gasteiger partial charge >= 0.3 is 5.97 Å². The summed E-state index contributed by atoms with van der Waals surface area (Å²) in [6.45, 7) is 2.23. The van der Waals surface area contributed by atoms with Crippen molar-refractivity contribution in [2.45, 2.75) is 19.4 Å². The number of ether oxygens (including phenoxy) is 1. The van der Waals surface area contributed by atoms with E-state index in [9.17, 15) is 9.90 Å². The third-order valence-electron chi connectivity index (χ3n) is 3.65. The van der Waals surface area contributed by atoms with Gasteiger partial charge in [-0.1, -0.05) is 18.2 Å². The van der Waals surface area contributed by atoms with E-state index in [0.717, 1.165) is 12.2 Å². The number of aromatic carboxylic acids is 1. The highest BCUT2D eigenvalue weighted by atomic mass is 16.5. The number of hydrogen-bond acceptors (Lipinski definition) is 4. The van der Waals surface area contributed by atoms with E-state index in [-0.39, 0.29) is 11.7 Å². The molecule has 2 aromatic rings. The molecule has 1 atom stereocenters. The zero-order chi connectivity index (χ0) is 15.0. The van der Waals surface area contributed by atoms with Crippen LogP contribution in [0.2, 0.25) is 0 Å². The van der Waals surface area contributed by atoms with Crippen LogP contribution in [-0.2, 0) is 13.5 Å². The van der Waals surface area contributed by atoms with Crippen LogP contribution in [0.25, 0.3) is 0 Å². The summed E-state index contributed by atoms with van der Waals surface area (Å²) >= 11 is 0. The van der Waals surface area contributed by atoms with Gasteiger partial charge in [-0.05, 0) is 18.6 Å². The molecule has 0 amide bonds. The predicted molar refractivity (Wildman–Crippen MR) is 78.0 cm³/mol. The second-order valence-corrected chi connectivity index (χ2v) is 5.17. The van der Waals surface area contributed by atoms with Gasteiger partial charge in [-0.25, -0.2) is 4.79 Å². The van der Waals surface area contributed by atoms with E-state index in [4.69, 9.17) is 4.74 Å². The number of anilines is 1. The summed E-state index contributed by atoms with van der Waals surface area (Å²) in [4.78, 5) is 11.3. The summed E-state index contributed by atoms with van der Waals surface area (Å²) in [6.07, 6.45) is 0.821. The molecule has 3 rings (SSSR count). The number of carbonyl (C=O) groups is 1. The summed E-state index contributed by atoms with van der Waals surface area (Å²) < 4.78 is 7.39. The fourth-order valence-electron chi connectivity index (χ4n) is 2.70. The topological polar surface area (TPSA) is 76.4 Å². The number of nitrogens with one attached hydrogen (secondary N) is 1. The third-order valence-corrected chi connectivity index (χ3v) is 3.65. The lowest BCUT2D eigenvalue weighted by molar-refractivity contribution is 0.0697. The van der Waals surface area contributed by atoms with Crippen molar-refractivity contribution < 1.29 is 14.6 Å². The molecule has 6 heteroatoms. The Morgan fingerprint density at radius 2 is 2.29 bits per heavy atom. The molecule has 1 aromatic heterocycles. The van der Waals surface area contributed by atoms with Crippen molar-refractivity contribution in [3.05, 3.63) is 41.1 Å². The van der Waals surface area contributed by atoms with E-state index < -0.39 is 5.97 Å². The van der Waals surface area contributed by atoms with Gasteiger partial charge in [0, 0.05) is 13.5 Å². The number of carboxylic acids is 1. The van der Waals surface area contributed by atoms with Gasteiger partial charge in [-0.3, -0.25) is 4.68 Å². The molecule has 2 N–H and O–H groups in total. The minimum absolute atomic E-state index is 0.000693. The first-order valence-corrected chi connectivity index (χ1v) is 6.81. The molecule has 2 heterocycles. The van der Waals surface area contributed by atoms with Crippen LogP contribution in [0.4, 0.5) is 5.82 Å². The van der Waals surface area contributed by atoms with Gasteiger partial charge in [-0.2, -0.15) is 5.10 Å². The zero-order valence-corrected chi connectivity index (χ0v) is 12.0. The van der Waals surface area contributed by atoms with E-state index in [1.807, 2.05) is 24.3 Å². The number of nitrogens with zero attached hydrogens (tertiary/aromatic N) is 2. The van der Waals surface area contributed by atoms with Gasteiger partial charge < -0.3 is 15.2 Å². The number of fused-ring (bicyclic) bond motifs is 1. The van der Waals surface area contributed by atoms with Gasteiger partial charge in [0.05, 0.1) is 12.2 Å². The van der Waals surface area contributed by atoms with Crippen molar-refractivity contribution in [1.29, 1.82) is 0 Å². The lowest BCUT2D eigenvalue weighted by atomic mass is 10.1. The monoisotopic (exact) mass is 287 g/mol. The molecule has 1 aliphatic heterocycles. The first kappa shape index (κ1) is 13.5. The Kier molecular flexibility index (Phi) is 3.29. The van der Waals surface area contributed by atoms with Crippen LogP contribution in [-0.4, -0.2) is 33.5 Å². The molecule has 110 valence electrons. The highest BCUT2D eigenvalue weighted by Crippen LogP contribution is 2.28. The molecule has 1 unspecified atom stereocenters. The molecule has 0 radical (unpaired) electrons. The van der Waals surface area contributed by atoms with Crippen molar-refractivity contribution in [2.75, 3.05) is 11.9 Å². The minimum Gasteiger partial charge on any atom is -0.488 e. The van der Waals surface area contributed by atoms with Crippen LogP contribution in [0.3, 0.4) is 0 Å². The third kappa shape index (κ3) is 2.44. The molecule has 0 fully saturated rings. The lowest BCUT2D eigenvalue weighted by Gasteiger charge is -2.13. The standard InChI is InChI=1S/C15H17N3O3/c1-9-13(15(19)20)14(18(2)17-9)16-8-11-7-10-5-3-4-6-12(10)21-11/h3-6,11,16H,7-8H2,1-2H3,(H,19,20). The number of aromatic nitrogens is 2. The van der Waals surface area contributed by atoms with Crippen LogP contribution in [0.1, 0.15) is 21.6 Å². The molecule has 1 aliphatic rings. The van der Waals surface area contributed by atoms with Gasteiger partial charge in [0.2, 0.25) is 0 Å². The molecule has 0 aliphatic carbocycles. The Bertz CT molecular complexity index is 668. The Hall–Kier alpha value is -2.50. The Labute approximate surface area is 122 Å². The van der Waals surface area contributed by atoms with Gasteiger partial charge in [0.15, 0.2) is 0 Å².